The van der Waals surface area contributed by atoms with E-state index >= 15 is 0 Å². The van der Waals surface area contributed by atoms with Crippen LogP contribution in [0, 0.1) is 19.7 Å². The van der Waals surface area contributed by atoms with Gasteiger partial charge in [0.15, 0.2) is 0 Å². The van der Waals surface area contributed by atoms with Crippen molar-refractivity contribution in [1.29, 1.82) is 0 Å². The van der Waals surface area contributed by atoms with Crippen LogP contribution >= 0.6 is 0 Å². The molecule has 0 fully saturated rings. The first-order chi connectivity index (χ1) is 7.59. The second-order valence-electron chi connectivity index (χ2n) is 3.98. The van der Waals surface area contributed by atoms with E-state index in [1.807, 2.05) is 31.2 Å². The predicted molar refractivity (Wildman–Crippen MR) is 65.7 cm³/mol. The maximum Gasteiger partial charge on any atom is 0.126 e. The maximum atomic E-state index is 13.4. The molecule has 0 bridgehead atoms. The zero-order valence-electron chi connectivity index (χ0n) is 9.42. The van der Waals surface area contributed by atoms with Crippen LogP contribution in [0.3, 0.4) is 0 Å². The Hall–Kier alpha value is -1.83. The number of hydrogen-bond acceptors (Lipinski definition) is 1. The van der Waals surface area contributed by atoms with Gasteiger partial charge in [0.05, 0.1) is 0 Å². The Bertz CT molecular complexity index is 532. The summed E-state index contributed by atoms with van der Waals surface area (Å²) in [6.07, 6.45) is 0. The number of anilines is 1. The average molecular weight is 215 g/mol. The van der Waals surface area contributed by atoms with E-state index in [9.17, 15) is 4.39 Å². The Balaban J connectivity index is 2.59. The summed E-state index contributed by atoms with van der Waals surface area (Å²) in [5.74, 6) is -0.184. The van der Waals surface area contributed by atoms with Crippen molar-refractivity contribution in [2.45, 2.75) is 13.8 Å². The highest BCUT2D eigenvalue weighted by Crippen LogP contribution is 2.27. The van der Waals surface area contributed by atoms with Crippen molar-refractivity contribution >= 4 is 5.69 Å². The van der Waals surface area contributed by atoms with Crippen molar-refractivity contribution in [2.75, 3.05) is 5.73 Å². The Labute approximate surface area is 94.7 Å². The first-order valence-electron chi connectivity index (χ1n) is 5.21. The fraction of sp³-hybridized carbons (Fsp3) is 0.143. The molecule has 0 aromatic heterocycles. The zero-order valence-corrected chi connectivity index (χ0v) is 9.42. The summed E-state index contributed by atoms with van der Waals surface area (Å²) in [5.41, 5.74) is 10.1. The molecule has 0 amide bonds. The first kappa shape index (κ1) is 10.7. The molecule has 0 aliphatic rings. The van der Waals surface area contributed by atoms with Gasteiger partial charge in [-0.25, -0.2) is 4.39 Å². The Morgan fingerprint density at radius 3 is 2.50 bits per heavy atom. The van der Waals surface area contributed by atoms with Crippen molar-refractivity contribution in [2.24, 2.45) is 0 Å². The average Bonchev–Trinajstić information content (AvgIpc) is 2.26. The van der Waals surface area contributed by atoms with Gasteiger partial charge in [-0.1, -0.05) is 24.3 Å². The van der Waals surface area contributed by atoms with Gasteiger partial charge in [0.2, 0.25) is 0 Å². The molecule has 0 spiro atoms. The number of aryl methyl sites for hydroxylation is 1. The van der Waals surface area contributed by atoms with E-state index in [0.29, 0.717) is 5.56 Å². The molecule has 2 aromatic rings. The monoisotopic (exact) mass is 215 g/mol. The van der Waals surface area contributed by atoms with Crippen LogP contribution < -0.4 is 5.73 Å². The molecule has 0 saturated carbocycles. The van der Waals surface area contributed by atoms with E-state index in [-0.39, 0.29) is 5.82 Å². The molecule has 2 rings (SSSR count). The van der Waals surface area contributed by atoms with Crippen LogP contribution in [-0.4, -0.2) is 0 Å². The molecule has 0 unspecified atom stereocenters. The van der Waals surface area contributed by atoms with Crippen LogP contribution in [0.4, 0.5) is 10.1 Å². The normalized spacial score (nSPS) is 10.4. The van der Waals surface area contributed by atoms with E-state index in [1.165, 1.54) is 6.07 Å². The van der Waals surface area contributed by atoms with Crippen LogP contribution in [0.5, 0.6) is 0 Å². The van der Waals surface area contributed by atoms with Gasteiger partial charge in [0, 0.05) is 5.69 Å². The SMILES string of the molecule is Cc1ccc(-c2cccc(F)c2C)cc1N. The Morgan fingerprint density at radius 1 is 1.06 bits per heavy atom. The predicted octanol–water partition coefficient (Wildman–Crippen LogP) is 3.69. The highest BCUT2D eigenvalue weighted by atomic mass is 19.1. The minimum Gasteiger partial charge on any atom is -0.398 e. The summed E-state index contributed by atoms with van der Waals surface area (Å²) in [7, 11) is 0. The van der Waals surface area contributed by atoms with Gasteiger partial charge in [0.25, 0.3) is 0 Å². The minimum atomic E-state index is -0.184. The molecule has 2 heteroatoms. The highest BCUT2D eigenvalue weighted by Gasteiger charge is 2.06. The van der Waals surface area contributed by atoms with E-state index in [4.69, 9.17) is 5.73 Å². The number of halogens is 1. The molecule has 16 heavy (non-hydrogen) atoms. The largest absolute Gasteiger partial charge is 0.398 e. The molecule has 0 radical (unpaired) electrons. The summed E-state index contributed by atoms with van der Waals surface area (Å²) in [4.78, 5) is 0. The number of nitrogen functional groups attached to an aromatic ring is 1. The van der Waals surface area contributed by atoms with Crippen LogP contribution in [-0.2, 0) is 0 Å². The lowest BCUT2D eigenvalue weighted by atomic mass is 9.98. The molecule has 82 valence electrons. The summed E-state index contributed by atoms with van der Waals surface area (Å²) in [5, 5.41) is 0. The fourth-order valence-corrected chi connectivity index (χ4v) is 1.73. The molecule has 0 aliphatic carbocycles. The number of nitrogens with two attached hydrogens (primary N) is 1. The quantitative estimate of drug-likeness (QED) is 0.721. The van der Waals surface area contributed by atoms with Gasteiger partial charge in [0.1, 0.15) is 5.82 Å². The second-order valence-corrected chi connectivity index (χ2v) is 3.98. The molecular formula is C14H14FN. The van der Waals surface area contributed by atoms with Gasteiger partial charge in [-0.2, -0.15) is 0 Å². The van der Waals surface area contributed by atoms with E-state index in [0.717, 1.165) is 22.4 Å². The number of rotatable bonds is 1. The van der Waals surface area contributed by atoms with Crippen molar-refractivity contribution in [3.63, 3.8) is 0 Å². The topological polar surface area (TPSA) is 26.0 Å². The van der Waals surface area contributed by atoms with Crippen molar-refractivity contribution in [3.8, 4) is 11.1 Å². The Kier molecular flexibility index (Phi) is 2.65. The lowest BCUT2D eigenvalue weighted by Gasteiger charge is -2.08. The maximum absolute atomic E-state index is 13.4. The first-order valence-corrected chi connectivity index (χ1v) is 5.21. The van der Waals surface area contributed by atoms with Gasteiger partial charge in [-0.05, 0) is 48.2 Å². The molecule has 0 aliphatic heterocycles. The van der Waals surface area contributed by atoms with E-state index in [1.54, 1.807) is 13.0 Å². The van der Waals surface area contributed by atoms with Gasteiger partial charge < -0.3 is 5.73 Å². The Morgan fingerprint density at radius 2 is 1.81 bits per heavy atom. The van der Waals surface area contributed by atoms with Gasteiger partial charge in [-0.15, -0.1) is 0 Å². The second kappa shape index (κ2) is 3.97. The standard InChI is InChI=1S/C14H14FN/c1-9-6-7-11(8-14(9)16)12-4-3-5-13(15)10(12)2/h3-8H,16H2,1-2H3. The summed E-state index contributed by atoms with van der Waals surface area (Å²) in [6.45, 7) is 3.73. The zero-order chi connectivity index (χ0) is 11.7. The number of hydrogen-bond donors (Lipinski definition) is 1. The summed E-state index contributed by atoms with van der Waals surface area (Å²) >= 11 is 0. The van der Waals surface area contributed by atoms with Crippen molar-refractivity contribution in [1.82, 2.24) is 0 Å². The third kappa shape index (κ3) is 1.78. The molecular weight excluding hydrogens is 201 g/mol. The third-order valence-electron chi connectivity index (χ3n) is 2.86. The molecule has 0 saturated heterocycles. The van der Waals surface area contributed by atoms with Crippen LogP contribution in [0.25, 0.3) is 11.1 Å². The smallest absolute Gasteiger partial charge is 0.126 e. The lowest BCUT2D eigenvalue weighted by molar-refractivity contribution is 0.619. The minimum absolute atomic E-state index is 0.184. The molecule has 0 heterocycles. The van der Waals surface area contributed by atoms with Crippen LogP contribution in [0.2, 0.25) is 0 Å². The third-order valence-corrected chi connectivity index (χ3v) is 2.86. The van der Waals surface area contributed by atoms with E-state index < -0.39 is 0 Å². The van der Waals surface area contributed by atoms with Gasteiger partial charge >= 0.3 is 0 Å². The molecule has 2 N–H and O–H groups in total. The summed E-state index contributed by atoms with van der Waals surface area (Å²) in [6, 6.07) is 10.9. The van der Waals surface area contributed by atoms with Crippen LogP contribution in [0.15, 0.2) is 36.4 Å². The molecule has 2 aromatic carbocycles. The number of benzene rings is 2. The van der Waals surface area contributed by atoms with Crippen molar-refractivity contribution < 1.29 is 4.39 Å². The highest BCUT2D eigenvalue weighted by molar-refractivity contribution is 5.71. The summed E-state index contributed by atoms with van der Waals surface area (Å²) < 4.78 is 13.4. The van der Waals surface area contributed by atoms with E-state index in [2.05, 4.69) is 0 Å². The van der Waals surface area contributed by atoms with Crippen molar-refractivity contribution in [3.05, 3.63) is 53.3 Å². The van der Waals surface area contributed by atoms with Crippen LogP contribution in [0.1, 0.15) is 11.1 Å². The molecule has 0 atom stereocenters. The lowest BCUT2D eigenvalue weighted by Crippen LogP contribution is -1.92. The fourth-order valence-electron chi connectivity index (χ4n) is 1.73. The molecule has 1 nitrogen and oxygen atoms in total. The van der Waals surface area contributed by atoms with Gasteiger partial charge in [-0.3, -0.25) is 0 Å².